The molecule has 2 aliphatic carbocycles. The number of benzene rings is 3. The standard InChI is InChI=1S/C29H21NO6/c31-26-20-10-7-17(29(35)36)14-22(20)27(32)23(26)13-15-4-11-25-21(12-15)19-2-1-3-24(19)30(25)18-8-5-16(6-9-18)28(33)34/h4-14,19,24H,1-3H2,(H,33,34)(H,35,36)/b23-13+. The SMILES string of the molecule is O=C(O)c1ccc(N2c3ccc(/C=C4\C(=O)c5ccc(C(=O)O)cc5C4=O)cc3C3CCCC32)cc1. The summed E-state index contributed by atoms with van der Waals surface area (Å²) in [6.07, 6.45) is 4.74. The quantitative estimate of drug-likeness (QED) is 0.384. The Kier molecular flexibility index (Phi) is 4.89. The monoisotopic (exact) mass is 479 g/mol. The Labute approximate surface area is 206 Å². The first kappa shape index (κ1) is 22.0. The molecule has 1 fully saturated rings. The topological polar surface area (TPSA) is 112 Å². The van der Waals surface area contributed by atoms with Crippen molar-refractivity contribution in [2.75, 3.05) is 4.90 Å². The summed E-state index contributed by atoms with van der Waals surface area (Å²) in [6.45, 7) is 0. The third-order valence-corrected chi connectivity index (χ3v) is 7.47. The summed E-state index contributed by atoms with van der Waals surface area (Å²) in [4.78, 5) is 50.7. The van der Waals surface area contributed by atoms with Gasteiger partial charge in [0.05, 0.1) is 16.7 Å². The lowest BCUT2D eigenvalue weighted by Crippen LogP contribution is -2.26. The molecule has 0 aromatic heterocycles. The molecule has 1 aliphatic heterocycles. The zero-order chi connectivity index (χ0) is 25.1. The molecular formula is C29H21NO6. The first-order valence-corrected chi connectivity index (χ1v) is 11.8. The average Bonchev–Trinajstić information content (AvgIpc) is 3.53. The van der Waals surface area contributed by atoms with Gasteiger partial charge < -0.3 is 15.1 Å². The lowest BCUT2D eigenvalue weighted by atomic mass is 9.95. The van der Waals surface area contributed by atoms with Crippen molar-refractivity contribution in [2.24, 2.45) is 0 Å². The Morgan fingerprint density at radius 3 is 2.22 bits per heavy atom. The number of nitrogens with zero attached hydrogens (tertiary/aromatic N) is 1. The number of aromatic carboxylic acids is 2. The van der Waals surface area contributed by atoms with Crippen molar-refractivity contribution >= 4 is 41.0 Å². The maximum Gasteiger partial charge on any atom is 0.335 e. The van der Waals surface area contributed by atoms with E-state index in [4.69, 9.17) is 0 Å². The van der Waals surface area contributed by atoms with Gasteiger partial charge in [-0.2, -0.15) is 0 Å². The Balaban J connectivity index is 1.37. The second kappa shape index (κ2) is 8.02. The van der Waals surface area contributed by atoms with Gasteiger partial charge in [0.25, 0.3) is 0 Å². The molecule has 3 aliphatic rings. The molecule has 178 valence electrons. The van der Waals surface area contributed by atoms with Gasteiger partial charge in [0.1, 0.15) is 0 Å². The number of fused-ring (bicyclic) bond motifs is 4. The Hall–Kier alpha value is -4.52. The largest absolute Gasteiger partial charge is 0.478 e. The maximum absolute atomic E-state index is 13.0. The zero-order valence-corrected chi connectivity index (χ0v) is 19.1. The van der Waals surface area contributed by atoms with Gasteiger partial charge in [-0.3, -0.25) is 9.59 Å². The van der Waals surface area contributed by atoms with Gasteiger partial charge in [-0.05, 0) is 84.6 Å². The third kappa shape index (κ3) is 3.27. The minimum atomic E-state index is -1.15. The fraction of sp³-hybridized carbons (Fsp3) is 0.172. The summed E-state index contributed by atoms with van der Waals surface area (Å²) in [5.41, 5.74) is 4.48. The van der Waals surface area contributed by atoms with E-state index in [1.54, 1.807) is 18.2 Å². The van der Waals surface area contributed by atoms with E-state index in [-0.39, 0.29) is 33.9 Å². The summed E-state index contributed by atoms with van der Waals surface area (Å²) >= 11 is 0. The summed E-state index contributed by atoms with van der Waals surface area (Å²) in [7, 11) is 0. The minimum Gasteiger partial charge on any atom is -0.478 e. The number of carbonyl (C=O) groups excluding carboxylic acids is 2. The number of hydrogen-bond donors (Lipinski definition) is 2. The molecule has 2 unspecified atom stereocenters. The Bertz CT molecular complexity index is 1520. The number of carboxylic acids is 2. The number of carboxylic acid groups (broad SMARTS) is 2. The summed E-state index contributed by atoms with van der Waals surface area (Å²) < 4.78 is 0. The van der Waals surface area contributed by atoms with Gasteiger partial charge in [-0.1, -0.05) is 12.5 Å². The number of allylic oxidation sites excluding steroid dienone is 1. The van der Waals surface area contributed by atoms with E-state index in [2.05, 4.69) is 4.90 Å². The Morgan fingerprint density at radius 2 is 1.50 bits per heavy atom. The van der Waals surface area contributed by atoms with Gasteiger partial charge in [-0.25, -0.2) is 9.59 Å². The molecule has 1 saturated carbocycles. The number of anilines is 2. The summed E-state index contributed by atoms with van der Waals surface area (Å²) in [5.74, 6) is -2.66. The highest BCUT2D eigenvalue weighted by Crippen LogP contribution is 2.52. The molecule has 0 amide bonds. The van der Waals surface area contributed by atoms with Crippen molar-refractivity contribution in [1.29, 1.82) is 0 Å². The molecule has 36 heavy (non-hydrogen) atoms. The van der Waals surface area contributed by atoms with Crippen molar-refractivity contribution in [3.05, 3.63) is 99.6 Å². The van der Waals surface area contributed by atoms with E-state index >= 15 is 0 Å². The lowest BCUT2D eigenvalue weighted by molar-refractivity contribution is 0.0686. The van der Waals surface area contributed by atoms with Crippen molar-refractivity contribution < 1.29 is 29.4 Å². The fourth-order valence-electron chi connectivity index (χ4n) is 5.82. The normalized spacial score (nSPS) is 21.0. The highest BCUT2D eigenvalue weighted by Gasteiger charge is 2.42. The van der Waals surface area contributed by atoms with Crippen LogP contribution in [0.25, 0.3) is 6.08 Å². The van der Waals surface area contributed by atoms with Crippen molar-refractivity contribution in [3.63, 3.8) is 0 Å². The van der Waals surface area contributed by atoms with Crippen LogP contribution in [-0.2, 0) is 0 Å². The lowest BCUT2D eigenvalue weighted by Gasteiger charge is -2.27. The second-order valence-electron chi connectivity index (χ2n) is 9.43. The highest BCUT2D eigenvalue weighted by atomic mass is 16.4. The summed E-state index contributed by atoms with van der Waals surface area (Å²) in [5, 5.41) is 18.5. The second-order valence-corrected chi connectivity index (χ2v) is 9.43. The van der Waals surface area contributed by atoms with Crippen LogP contribution in [0.2, 0.25) is 0 Å². The van der Waals surface area contributed by atoms with E-state index in [9.17, 15) is 29.4 Å². The predicted molar refractivity (Wildman–Crippen MR) is 132 cm³/mol. The first-order chi connectivity index (χ1) is 17.3. The van der Waals surface area contributed by atoms with Crippen molar-refractivity contribution in [1.82, 2.24) is 0 Å². The van der Waals surface area contributed by atoms with Crippen LogP contribution in [0.5, 0.6) is 0 Å². The Morgan fingerprint density at radius 1 is 0.806 bits per heavy atom. The van der Waals surface area contributed by atoms with E-state index in [1.807, 2.05) is 30.3 Å². The van der Waals surface area contributed by atoms with Gasteiger partial charge >= 0.3 is 11.9 Å². The van der Waals surface area contributed by atoms with E-state index < -0.39 is 23.5 Å². The molecule has 7 heteroatoms. The van der Waals surface area contributed by atoms with Crippen LogP contribution >= 0.6 is 0 Å². The van der Waals surface area contributed by atoms with Crippen LogP contribution in [0.3, 0.4) is 0 Å². The van der Waals surface area contributed by atoms with Crippen LogP contribution in [0.15, 0.2) is 66.2 Å². The van der Waals surface area contributed by atoms with Crippen molar-refractivity contribution in [2.45, 2.75) is 31.2 Å². The zero-order valence-electron chi connectivity index (χ0n) is 19.1. The van der Waals surface area contributed by atoms with Gasteiger partial charge in [0, 0.05) is 34.5 Å². The van der Waals surface area contributed by atoms with Crippen LogP contribution in [0, 0.1) is 0 Å². The molecule has 3 aromatic carbocycles. The predicted octanol–water partition coefficient (Wildman–Crippen LogP) is 5.33. The van der Waals surface area contributed by atoms with Gasteiger partial charge in [-0.15, -0.1) is 0 Å². The molecule has 2 N–H and O–H groups in total. The van der Waals surface area contributed by atoms with E-state index in [0.717, 1.165) is 41.8 Å². The van der Waals surface area contributed by atoms with Crippen LogP contribution < -0.4 is 4.90 Å². The average molecular weight is 479 g/mol. The number of ketones is 2. The first-order valence-electron chi connectivity index (χ1n) is 11.8. The highest BCUT2D eigenvalue weighted by molar-refractivity contribution is 6.41. The molecule has 0 saturated heterocycles. The van der Waals surface area contributed by atoms with Crippen molar-refractivity contribution in [3.8, 4) is 0 Å². The molecule has 7 nitrogen and oxygen atoms in total. The third-order valence-electron chi connectivity index (χ3n) is 7.47. The minimum absolute atomic E-state index is 0.0302. The molecule has 2 atom stereocenters. The number of carbonyl (C=O) groups is 4. The smallest absolute Gasteiger partial charge is 0.335 e. The van der Waals surface area contributed by atoms with Crippen LogP contribution in [0.4, 0.5) is 11.4 Å². The van der Waals surface area contributed by atoms with Gasteiger partial charge in [0.15, 0.2) is 11.6 Å². The molecule has 0 radical (unpaired) electrons. The molecule has 0 bridgehead atoms. The number of rotatable bonds is 4. The number of hydrogen-bond acceptors (Lipinski definition) is 5. The van der Waals surface area contributed by atoms with Crippen LogP contribution in [-0.4, -0.2) is 39.8 Å². The number of Topliss-reactive ketones (excluding diaryl/α,β-unsaturated/α-hetero) is 2. The molecular weight excluding hydrogens is 458 g/mol. The molecule has 3 aromatic rings. The molecule has 6 rings (SSSR count). The fourth-order valence-corrected chi connectivity index (χ4v) is 5.82. The molecule has 1 heterocycles. The van der Waals surface area contributed by atoms with E-state index in [1.165, 1.54) is 18.2 Å². The summed E-state index contributed by atoms with van der Waals surface area (Å²) in [6, 6.07) is 17.1. The molecule has 0 spiro atoms. The van der Waals surface area contributed by atoms with Gasteiger partial charge in [0.2, 0.25) is 0 Å². The maximum atomic E-state index is 13.0. The van der Waals surface area contributed by atoms with E-state index in [0.29, 0.717) is 5.92 Å². The van der Waals surface area contributed by atoms with Crippen LogP contribution in [0.1, 0.15) is 77.7 Å².